The number of amides is 1. The Kier molecular flexibility index (Phi) is 11.5. The third-order valence-corrected chi connectivity index (χ3v) is 4.83. The molecule has 0 saturated carbocycles. The van der Waals surface area contributed by atoms with Gasteiger partial charge in [-0.2, -0.15) is 0 Å². The summed E-state index contributed by atoms with van der Waals surface area (Å²) in [5, 5.41) is 2.85. The molecule has 1 aliphatic heterocycles. The maximum Gasteiger partial charge on any atom is 0.225 e. The van der Waals surface area contributed by atoms with Gasteiger partial charge in [0, 0.05) is 50.2 Å². The molecule has 1 N–H and O–H groups in total. The summed E-state index contributed by atoms with van der Waals surface area (Å²) in [5.41, 5.74) is -0.0894. The van der Waals surface area contributed by atoms with Gasteiger partial charge in [-0.3, -0.25) is 14.6 Å². The van der Waals surface area contributed by atoms with E-state index in [0.29, 0.717) is 39.6 Å². The van der Waals surface area contributed by atoms with Crippen LogP contribution in [0.1, 0.15) is 41.5 Å². The number of hydrogen-bond acceptors (Lipinski definition) is 6. The molecule has 7 nitrogen and oxygen atoms in total. The number of hydrogen-bond donors (Lipinski definition) is 1. The van der Waals surface area contributed by atoms with Gasteiger partial charge in [0.1, 0.15) is 0 Å². The lowest BCUT2D eigenvalue weighted by Crippen LogP contribution is -2.53. The lowest BCUT2D eigenvalue weighted by Gasteiger charge is -2.42. The van der Waals surface area contributed by atoms with Gasteiger partial charge < -0.3 is 19.5 Å². The smallest absolute Gasteiger partial charge is 0.225 e. The lowest BCUT2D eigenvalue weighted by atomic mass is 9.96. The van der Waals surface area contributed by atoms with Gasteiger partial charge in [-0.1, -0.05) is 20.8 Å². The summed E-state index contributed by atoms with van der Waals surface area (Å²) in [7, 11) is 0. The van der Waals surface area contributed by atoms with Crippen molar-refractivity contribution in [2.75, 3.05) is 78.9 Å². The van der Waals surface area contributed by atoms with Crippen LogP contribution in [-0.4, -0.2) is 100 Å². The number of nitrogens with one attached hydrogen (secondary N) is 1. The van der Waals surface area contributed by atoms with Crippen LogP contribution in [0.5, 0.6) is 0 Å². The maximum atomic E-state index is 11.7. The van der Waals surface area contributed by atoms with Gasteiger partial charge in [0.25, 0.3) is 0 Å². The van der Waals surface area contributed by atoms with E-state index in [-0.39, 0.29) is 16.9 Å². The summed E-state index contributed by atoms with van der Waals surface area (Å²) in [5.74, 6) is 0.0422. The summed E-state index contributed by atoms with van der Waals surface area (Å²) in [4.78, 5) is 16.7. The second kappa shape index (κ2) is 12.8. The molecule has 1 fully saturated rings. The molecule has 0 unspecified atom stereocenters. The van der Waals surface area contributed by atoms with Crippen molar-refractivity contribution in [3.05, 3.63) is 0 Å². The zero-order chi connectivity index (χ0) is 21.0. The van der Waals surface area contributed by atoms with Crippen LogP contribution in [-0.2, 0) is 19.0 Å². The first-order valence-electron chi connectivity index (χ1n) is 10.6. The average molecular weight is 402 g/mol. The Morgan fingerprint density at radius 2 is 1.29 bits per heavy atom. The summed E-state index contributed by atoms with van der Waals surface area (Å²) in [6, 6.07) is 0. The van der Waals surface area contributed by atoms with Crippen LogP contribution in [0.4, 0.5) is 0 Å². The van der Waals surface area contributed by atoms with Crippen LogP contribution < -0.4 is 5.32 Å². The number of nitrogens with zero attached hydrogens (tertiary/aromatic N) is 2. The highest BCUT2D eigenvalue weighted by Gasteiger charge is 2.25. The molecule has 7 heteroatoms. The number of rotatable bonds is 12. The predicted octanol–water partition coefficient (Wildman–Crippen LogP) is 1.61. The normalized spacial score (nSPS) is 17.1. The van der Waals surface area contributed by atoms with Crippen LogP contribution in [0.2, 0.25) is 0 Å². The number of piperazine rings is 1. The molecule has 0 aromatic heterocycles. The second-order valence-electron chi connectivity index (χ2n) is 9.34. The van der Waals surface area contributed by atoms with E-state index >= 15 is 0 Å². The topological polar surface area (TPSA) is 63.3 Å². The van der Waals surface area contributed by atoms with Crippen molar-refractivity contribution in [3.8, 4) is 0 Å². The highest BCUT2D eigenvalue weighted by Crippen LogP contribution is 2.15. The Morgan fingerprint density at radius 1 is 0.786 bits per heavy atom. The fourth-order valence-corrected chi connectivity index (χ4v) is 2.88. The number of ether oxygens (including phenoxy) is 3. The Hall–Kier alpha value is -0.730. The van der Waals surface area contributed by atoms with Crippen molar-refractivity contribution >= 4 is 5.91 Å². The largest absolute Gasteiger partial charge is 0.378 e. The van der Waals surface area contributed by atoms with E-state index in [9.17, 15) is 4.79 Å². The molecule has 0 spiro atoms. The minimum atomic E-state index is -0.357. The summed E-state index contributed by atoms with van der Waals surface area (Å²) in [6.45, 7) is 22.1. The Morgan fingerprint density at radius 3 is 1.79 bits per heavy atom. The molecule has 0 aromatic rings. The highest BCUT2D eigenvalue weighted by atomic mass is 16.5. The quantitative estimate of drug-likeness (QED) is 0.502. The van der Waals surface area contributed by atoms with Crippen molar-refractivity contribution < 1.29 is 19.0 Å². The SMILES string of the molecule is CC(C)(C)C(=O)NCCOCCOCCOCCN1CCN(C(C)(C)C)CC1. The molecule has 0 aliphatic carbocycles. The van der Waals surface area contributed by atoms with E-state index in [1.54, 1.807) is 0 Å². The van der Waals surface area contributed by atoms with Crippen molar-refractivity contribution in [1.29, 1.82) is 0 Å². The Labute approximate surface area is 172 Å². The van der Waals surface area contributed by atoms with Gasteiger partial charge in [-0.05, 0) is 20.8 Å². The average Bonchev–Trinajstić information content (AvgIpc) is 2.61. The molecular formula is C21H43N3O4. The number of carbonyl (C=O) groups excluding carboxylic acids is 1. The van der Waals surface area contributed by atoms with Gasteiger partial charge in [-0.15, -0.1) is 0 Å². The summed E-state index contributed by atoms with van der Waals surface area (Å²) in [6.07, 6.45) is 0. The van der Waals surface area contributed by atoms with Crippen LogP contribution in [0, 0.1) is 5.41 Å². The van der Waals surface area contributed by atoms with Crippen molar-refractivity contribution in [1.82, 2.24) is 15.1 Å². The van der Waals surface area contributed by atoms with Crippen LogP contribution in [0.3, 0.4) is 0 Å². The molecule has 0 aromatic carbocycles. The first-order valence-corrected chi connectivity index (χ1v) is 10.6. The van der Waals surface area contributed by atoms with Gasteiger partial charge in [-0.25, -0.2) is 0 Å². The van der Waals surface area contributed by atoms with Crippen LogP contribution in [0.15, 0.2) is 0 Å². The van der Waals surface area contributed by atoms with Crippen molar-refractivity contribution in [3.63, 3.8) is 0 Å². The molecule has 1 heterocycles. The van der Waals surface area contributed by atoms with Crippen LogP contribution >= 0.6 is 0 Å². The standard InChI is InChI=1S/C21H43N3O4/c1-20(2,3)19(25)22-7-13-26-15-17-28-18-16-27-14-12-23-8-10-24(11-9-23)21(4,5)6/h7-18H2,1-6H3,(H,22,25). The number of carbonyl (C=O) groups is 1. The zero-order valence-corrected chi connectivity index (χ0v) is 19.0. The third kappa shape index (κ3) is 11.3. The molecule has 1 saturated heterocycles. The van der Waals surface area contributed by atoms with E-state index in [1.807, 2.05) is 20.8 Å². The fourth-order valence-electron chi connectivity index (χ4n) is 2.88. The fraction of sp³-hybridized carbons (Fsp3) is 0.952. The molecule has 0 atom stereocenters. The van der Waals surface area contributed by atoms with Gasteiger partial charge in [0.05, 0.1) is 39.6 Å². The highest BCUT2D eigenvalue weighted by molar-refractivity contribution is 5.81. The molecule has 28 heavy (non-hydrogen) atoms. The van der Waals surface area contributed by atoms with E-state index in [1.165, 1.54) is 0 Å². The molecule has 166 valence electrons. The van der Waals surface area contributed by atoms with Crippen molar-refractivity contribution in [2.24, 2.45) is 5.41 Å². The molecule has 1 amide bonds. The van der Waals surface area contributed by atoms with Gasteiger partial charge >= 0.3 is 0 Å². The lowest BCUT2D eigenvalue weighted by molar-refractivity contribution is -0.128. The van der Waals surface area contributed by atoms with Gasteiger partial charge in [0.15, 0.2) is 0 Å². The van der Waals surface area contributed by atoms with Crippen molar-refractivity contribution in [2.45, 2.75) is 47.1 Å². The molecular weight excluding hydrogens is 358 g/mol. The second-order valence-corrected chi connectivity index (χ2v) is 9.34. The third-order valence-electron chi connectivity index (χ3n) is 4.83. The predicted molar refractivity (Wildman–Crippen MR) is 113 cm³/mol. The van der Waals surface area contributed by atoms with E-state index < -0.39 is 0 Å². The van der Waals surface area contributed by atoms with E-state index in [0.717, 1.165) is 39.3 Å². The Balaban J connectivity index is 1.85. The Bertz CT molecular complexity index is 424. The monoisotopic (exact) mass is 401 g/mol. The van der Waals surface area contributed by atoms with E-state index in [2.05, 4.69) is 35.9 Å². The summed E-state index contributed by atoms with van der Waals surface area (Å²) >= 11 is 0. The maximum absolute atomic E-state index is 11.7. The first-order chi connectivity index (χ1) is 13.1. The molecule has 1 rings (SSSR count). The minimum absolute atomic E-state index is 0.0422. The molecule has 0 radical (unpaired) electrons. The minimum Gasteiger partial charge on any atom is -0.378 e. The van der Waals surface area contributed by atoms with E-state index in [4.69, 9.17) is 14.2 Å². The molecule has 0 bridgehead atoms. The van der Waals surface area contributed by atoms with Gasteiger partial charge in [0.2, 0.25) is 5.91 Å². The zero-order valence-electron chi connectivity index (χ0n) is 19.0. The summed E-state index contributed by atoms with van der Waals surface area (Å²) < 4.78 is 16.6. The van der Waals surface area contributed by atoms with Crippen LogP contribution in [0.25, 0.3) is 0 Å². The molecule has 1 aliphatic rings. The first kappa shape index (κ1) is 25.3.